The summed E-state index contributed by atoms with van der Waals surface area (Å²) in [7, 11) is -4.24. The molecule has 144 valence electrons. The Balaban J connectivity index is 2.37. The average Bonchev–Trinajstić information content (AvgIpc) is 2.61. The number of non-ortho nitro benzene ring substituents is 1. The molecule has 0 bridgehead atoms. The molecule has 0 amide bonds. The van der Waals surface area contributed by atoms with E-state index in [9.17, 15) is 31.7 Å². The van der Waals surface area contributed by atoms with Gasteiger partial charge in [0.05, 0.1) is 15.4 Å². The van der Waals surface area contributed by atoms with Gasteiger partial charge in [0.15, 0.2) is 0 Å². The first-order valence-corrected chi connectivity index (χ1v) is 9.01. The Kier molecular flexibility index (Phi) is 6.01. The molecule has 0 aliphatic rings. The van der Waals surface area contributed by atoms with E-state index in [1.807, 2.05) is 0 Å². The number of nitro groups is 1. The van der Waals surface area contributed by atoms with E-state index in [1.165, 1.54) is 30.3 Å². The lowest BCUT2D eigenvalue weighted by Gasteiger charge is -2.21. The maximum atomic E-state index is 12.9. The highest BCUT2D eigenvalue weighted by Crippen LogP contribution is 2.31. The molecule has 0 saturated carbocycles. The molecule has 0 radical (unpaired) electrons. The molecule has 6 nitrogen and oxygen atoms in total. The van der Waals surface area contributed by atoms with Gasteiger partial charge in [-0.05, 0) is 23.8 Å². The fourth-order valence-electron chi connectivity index (χ4n) is 2.30. The van der Waals surface area contributed by atoms with Crippen LogP contribution in [0.25, 0.3) is 0 Å². The summed E-state index contributed by atoms with van der Waals surface area (Å²) in [6.07, 6.45) is -3.37. The maximum Gasteiger partial charge on any atom is 0.416 e. The number of rotatable bonds is 7. The molecule has 2 rings (SSSR count). The van der Waals surface area contributed by atoms with Crippen molar-refractivity contribution in [1.82, 2.24) is 4.31 Å². The number of halogens is 3. The Morgan fingerprint density at radius 1 is 1.15 bits per heavy atom. The number of hydrogen-bond donors (Lipinski definition) is 0. The number of nitrogens with zero attached hydrogens (tertiary/aromatic N) is 2. The lowest BCUT2D eigenvalue weighted by molar-refractivity contribution is -0.384. The van der Waals surface area contributed by atoms with Crippen molar-refractivity contribution in [2.45, 2.75) is 17.6 Å². The van der Waals surface area contributed by atoms with Crippen LogP contribution in [0.15, 0.2) is 66.1 Å². The smallest absolute Gasteiger partial charge is 0.258 e. The molecule has 0 fully saturated rings. The van der Waals surface area contributed by atoms with Gasteiger partial charge < -0.3 is 0 Å². The first kappa shape index (κ1) is 20.6. The zero-order valence-corrected chi connectivity index (χ0v) is 14.7. The van der Waals surface area contributed by atoms with E-state index < -0.39 is 31.6 Å². The molecule has 27 heavy (non-hydrogen) atoms. The molecule has 10 heteroatoms. The summed E-state index contributed by atoms with van der Waals surface area (Å²) in [6.45, 7) is 3.15. The van der Waals surface area contributed by atoms with E-state index in [4.69, 9.17) is 0 Å². The van der Waals surface area contributed by atoms with Crippen molar-refractivity contribution in [2.24, 2.45) is 0 Å². The first-order valence-electron chi connectivity index (χ1n) is 7.57. The zero-order chi connectivity index (χ0) is 20.2. The van der Waals surface area contributed by atoms with Gasteiger partial charge >= 0.3 is 6.18 Å². The van der Waals surface area contributed by atoms with Crippen LogP contribution in [0.2, 0.25) is 0 Å². The van der Waals surface area contributed by atoms with Gasteiger partial charge in [-0.15, -0.1) is 6.58 Å². The summed E-state index contributed by atoms with van der Waals surface area (Å²) >= 11 is 0. The van der Waals surface area contributed by atoms with Crippen molar-refractivity contribution in [3.63, 3.8) is 0 Å². The van der Waals surface area contributed by atoms with E-state index in [0.29, 0.717) is 11.6 Å². The van der Waals surface area contributed by atoms with Crippen LogP contribution >= 0.6 is 0 Å². The third-order valence-electron chi connectivity index (χ3n) is 3.64. The van der Waals surface area contributed by atoms with Crippen LogP contribution in [0.1, 0.15) is 11.1 Å². The van der Waals surface area contributed by atoms with Gasteiger partial charge in [-0.1, -0.05) is 24.3 Å². The average molecular weight is 400 g/mol. The number of nitro benzene ring substituents is 1. The summed E-state index contributed by atoms with van der Waals surface area (Å²) in [5, 5.41) is 10.7. The van der Waals surface area contributed by atoms with Gasteiger partial charge in [0, 0.05) is 25.2 Å². The molecule has 0 N–H and O–H groups in total. The molecule has 0 heterocycles. The minimum Gasteiger partial charge on any atom is -0.258 e. The number of benzene rings is 2. The molecule has 0 atom stereocenters. The SMILES string of the molecule is C=CCN(Cc1ccc([N+](=O)[O-])cc1)S(=O)(=O)c1cccc(C(F)(F)F)c1. The highest BCUT2D eigenvalue weighted by Gasteiger charge is 2.32. The molecular formula is C17H15F3N2O4S. The molecule has 0 aliphatic heterocycles. The van der Waals surface area contributed by atoms with Crippen LogP contribution in [-0.4, -0.2) is 24.2 Å². The second kappa shape index (κ2) is 7.89. The quantitative estimate of drug-likeness (QED) is 0.400. The van der Waals surface area contributed by atoms with Crippen LogP contribution in [0.4, 0.5) is 18.9 Å². The van der Waals surface area contributed by atoms with E-state index in [0.717, 1.165) is 22.5 Å². The summed E-state index contributed by atoms with van der Waals surface area (Å²) < 4.78 is 65.1. The lowest BCUT2D eigenvalue weighted by atomic mass is 10.2. The zero-order valence-electron chi connectivity index (χ0n) is 13.9. The molecule has 0 aliphatic carbocycles. The van der Waals surface area contributed by atoms with Gasteiger partial charge in [0.1, 0.15) is 0 Å². The van der Waals surface area contributed by atoms with Crippen LogP contribution in [-0.2, 0) is 22.7 Å². The standard InChI is InChI=1S/C17H15F3N2O4S/c1-2-10-21(12-13-6-8-15(9-7-13)22(23)24)27(25,26)16-5-3-4-14(11-16)17(18,19)20/h2-9,11H,1,10,12H2. The van der Waals surface area contributed by atoms with E-state index in [2.05, 4.69) is 6.58 Å². The van der Waals surface area contributed by atoms with Crippen molar-refractivity contribution < 1.29 is 26.5 Å². The van der Waals surface area contributed by atoms with Gasteiger partial charge in [0.25, 0.3) is 5.69 Å². The van der Waals surface area contributed by atoms with Crippen molar-refractivity contribution >= 4 is 15.7 Å². The van der Waals surface area contributed by atoms with Gasteiger partial charge in [-0.2, -0.15) is 17.5 Å². The summed E-state index contributed by atoms with van der Waals surface area (Å²) in [4.78, 5) is 9.60. The van der Waals surface area contributed by atoms with Crippen molar-refractivity contribution in [2.75, 3.05) is 6.54 Å². The van der Waals surface area contributed by atoms with Crippen LogP contribution in [0.5, 0.6) is 0 Å². The molecule has 2 aromatic rings. The predicted octanol–water partition coefficient (Wildman–Crippen LogP) is 3.99. The topological polar surface area (TPSA) is 80.5 Å². The Hall–Kier alpha value is -2.72. The van der Waals surface area contributed by atoms with Gasteiger partial charge in [-0.3, -0.25) is 10.1 Å². The number of alkyl halides is 3. The number of sulfonamides is 1. The summed E-state index contributed by atoms with van der Waals surface area (Å²) in [5.41, 5.74) is -0.787. The second-order valence-corrected chi connectivity index (χ2v) is 7.47. The van der Waals surface area contributed by atoms with Crippen LogP contribution in [0.3, 0.4) is 0 Å². The largest absolute Gasteiger partial charge is 0.416 e. The third kappa shape index (κ3) is 4.92. The van der Waals surface area contributed by atoms with Crippen LogP contribution in [0, 0.1) is 10.1 Å². The second-order valence-electron chi connectivity index (χ2n) is 5.54. The minimum atomic E-state index is -4.67. The van der Waals surface area contributed by atoms with E-state index >= 15 is 0 Å². The van der Waals surface area contributed by atoms with E-state index in [1.54, 1.807) is 0 Å². The van der Waals surface area contributed by atoms with Crippen molar-refractivity contribution in [3.05, 3.63) is 82.4 Å². The summed E-state index contributed by atoms with van der Waals surface area (Å²) in [5.74, 6) is 0. The Morgan fingerprint density at radius 3 is 2.30 bits per heavy atom. The molecule has 0 unspecified atom stereocenters. The molecule has 0 aromatic heterocycles. The Labute approximate surface area is 153 Å². The van der Waals surface area contributed by atoms with Gasteiger partial charge in [-0.25, -0.2) is 8.42 Å². The fourth-order valence-corrected chi connectivity index (χ4v) is 3.75. The Morgan fingerprint density at radius 2 is 1.78 bits per heavy atom. The van der Waals surface area contributed by atoms with Gasteiger partial charge in [0.2, 0.25) is 10.0 Å². The fraction of sp³-hybridized carbons (Fsp3) is 0.176. The minimum absolute atomic E-state index is 0.143. The molecule has 0 spiro atoms. The van der Waals surface area contributed by atoms with Crippen LogP contribution < -0.4 is 0 Å². The van der Waals surface area contributed by atoms with E-state index in [-0.39, 0.29) is 18.8 Å². The first-order chi connectivity index (χ1) is 12.6. The highest BCUT2D eigenvalue weighted by atomic mass is 32.2. The lowest BCUT2D eigenvalue weighted by Crippen LogP contribution is -2.31. The van der Waals surface area contributed by atoms with Crippen molar-refractivity contribution in [1.29, 1.82) is 0 Å². The monoisotopic (exact) mass is 400 g/mol. The molecule has 0 saturated heterocycles. The predicted molar refractivity (Wildman–Crippen MR) is 92.3 cm³/mol. The van der Waals surface area contributed by atoms with Crippen molar-refractivity contribution in [3.8, 4) is 0 Å². The third-order valence-corrected chi connectivity index (χ3v) is 5.45. The molecular weight excluding hydrogens is 385 g/mol. The number of hydrogen-bond acceptors (Lipinski definition) is 4. The summed E-state index contributed by atoms with van der Waals surface area (Å²) in [6, 6.07) is 8.67. The highest BCUT2D eigenvalue weighted by molar-refractivity contribution is 7.89. The normalized spacial score (nSPS) is 12.1. The molecule has 2 aromatic carbocycles. The Bertz CT molecular complexity index is 941. The maximum absolute atomic E-state index is 12.9.